The second-order valence-corrected chi connectivity index (χ2v) is 4.80. The van der Waals surface area contributed by atoms with Gasteiger partial charge in [-0.15, -0.1) is 0 Å². The molecule has 1 unspecified atom stereocenters. The van der Waals surface area contributed by atoms with Crippen LogP contribution in [0.3, 0.4) is 0 Å². The van der Waals surface area contributed by atoms with Gasteiger partial charge in [0.05, 0.1) is 0 Å². The van der Waals surface area contributed by atoms with Crippen molar-refractivity contribution in [2.45, 2.75) is 40.5 Å². The normalized spacial score (nSPS) is 22.9. The van der Waals surface area contributed by atoms with Gasteiger partial charge in [0, 0.05) is 37.1 Å². The fourth-order valence-corrected chi connectivity index (χ4v) is 2.41. The van der Waals surface area contributed by atoms with Crippen molar-refractivity contribution in [2.24, 2.45) is 5.92 Å². The molecule has 0 bridgehead atoms. The Balaban J connectivity index is 0.000000861. The topological polar surface area (TPSA) is 23.6 Å². The summed E-state index contributed by atoms with van der Waals surface area (Å²) in [5.41, 5.74) is 3.23. The summed E-state index contributed by atoms with van der Waals surface area (Å²) in [7, 11) is 1.86. The number of fused-ring (bicyclic) bond motifs is 1. The van der Waals surface area contributed by atoms with E-state index < -0.39 is 0 Å². The number of nitrogens with zero attached hydrogens (tertiary/aromatic N) is 2. The van der Waals surface area contributed by atoms with E-state index in [0.29, 0.717) is 0 Å². The van der Waals surface area contributed by atoms with Gasteiger partial charge in [-0.2, -0.15) is 0 Å². The minimum atomic E-state index is 0.107. The standard InChI is InChI=1S/C14H20N2O.C2H6/c1-5-16-9-12-7-6-10(2)14(17)15(4)13(12)8-11(16)3;1-2/h8-10H,3,5-7H2,1-2,4H3;1-2H3. The zero-order chi connectivity index (χ0) is 14.6. The Morgan fingerprint density at radius 2 is 2.05 bits per heavy atom. The Morgan fingerprint density at radius 1 is 1.42 bits per heavy atom. The molecule has 0 aromatic rings. The van der Waals surface area contributed by atoms with Gasteiger partial charge >= 0.3 is 0 Å². The van der Waals surface area contributed by atoms with E-state index in [-0.39, 0.29) is 11.8 Å². The fraction of sp³-hybridized carbons (Fsp3) is 0.562. The van der Waals surface area contributed by atoms with E-state index in [1.54, 1.807) is 4.90 Å². The van der Waals surface area contributed by atoms with Crippen molar-refractivity contribution in [3.8, 4) is 0 Å². The van der Waals surface area contributed by atoms with Crippen LogP contribution >= 0.6 is 0 Å². The van der Waals surface area contributed by atoms with Crippen LogP contribution in [-0.2, 0) is 4.79 Å². The molecule has 2 rings (SSSR count). The van der Waals surface area contributed by atoms with Gasteiger partial charge in [-0.05, 0) is 31.4 Å². The maximum Gasteiger partial charge on any atom is 0.229 e. The minimum absolute atomic E-state index is 0.107. The number of amides is 1. The Kier molecular flexibility index (Phi) is 5.40. The van der Waals surface area contributed by atoms with Gasteiger partial charge in [-0.1, -0.05) is 27.4 Å². The molecule has 0 spiro atoms. The lowest BCUT2D eigenvalue weighted by molar-refractivity contribution is -0.131. The lowest BCUT2D eigenvalue weighted by atomic mass is 10.0. The summed E-state index contributed by atoms with van der Waals surface area (Å²) < 4.78 is 0. The van der Waals surface area contributed by atoms with Crippen LogP contribution < -0.4 is 0 Å². The molecule has 0 N–H and O–H groups in total. The van der Waals surface area contributed by atoms with Crippen molar-refractivity contribution < 1.29 is 4.79 Å². The first-order valence-electron chi connectivity index (χ1n) is 7.20. The van der Waals surface area contributed by atoms with Gasteiger partial charge in [0.2, 0.25) is 5.91 Å². The predicted octanol–water partition coefficient (Wildman–Crippen LogP) is 3.52. The summed E-state index contributed by atoms with van der Waals surface area (Å²) >= 11 is 0. The van der Waals surface area contributed by atoms with Crippen molar-refractivity contribution >= 4 is 5.91 Å². The molecular weight excluding hydrogens is 236 g/mol. The van der Waals surface area contributed by atoms with Crippen LogP contribution in [0.4, 0.5) is 0 Å². The van der Waals surface area contributed by atoms with Crippen molar-refractivity contribution in [3.05, 3.63) is 35.8 Å². The van der Waals surface area contributed by atoms with E-state index in [9.17, 15) is 4.79 Å². The van der Waals surface area contributed by atoms with Crippen LogP contribution in [-0.4, -0.2) is 29.3 Å². The summed E-state index contributed by atoms with van der Waals surface area (Å²) in [6, 6.07) is 0. The third-order valence-electron chi connectivity index (χ3n) is 3.61. The summed E-state index contributed by atoms with van der Waals surface area (Å²) in [6.45, 7) is 13.1. The van der Waals surface area contributed by atoms with Crippen LogP contribution in [0.2, 0.25) is 0 Å². The van der Waals surface area contributed by atoms with Crippen LogP contribution in [0.15, 0.2) is 35.8 Å². The van der Waals surface area contributed by atoms with Crippen LogP contribution in [0, 0.1) is 5.92 Å². The van der Waals surface area contributed by atoms with Gasteiger partial charge in [0.15, 0.2) is 0 Å². The Bertz CT molecular complexity index is 420. The quantitative estimate of drug-likeness (QED) is 0.722. The number of rotatable bonds is 1. The summed E-state index contributed by atoms with van der Waals surface area (Å²) in [5, 5.41) is 0. The molecule has 1 atom stereocenters. The fourth-order valence-electron chi connectivity index (χ4n) is 2.41. The maximum absolute atomic E-state index is 12.1. The molecule has 1 amide bonds. The van der Waals surface area contributed by atoms with Crippen molar-refractivity contribution in [3.63, 3.8) is 0 Å². The lowest BCUT2D eigenvalue weighted by Crippen LogP contribution is -2.31. The molecule has 0 saturated carbocycles. The molecule has 1 fully saturated rings. The lowest BCUT2D eigenvalue weighted by Gasteiger charge is -2.30. The average Bonchev–Trinajstić information content (AvgIpc) is 2.54. The maximum atomic E-state index is 12.1. The molecule has 0 aromatic heterocycles. The molecule has 0 aromatic carbocycles. The molecule has 3 nitrogen and oxygen atoms in total. The van der Waals surface area contributed by atoms with Gasteiger partial charge in [-0.25, -0.2) is 0 Å². The van der Waals surface area contributed by atoms with E-state index >= 15 is 0 Å². The van der Waals surface area contributed by atoms with E-state index in [1.807, 2.05) is 33.9 Å². The number of carbonyl (C=O) groups excluding carboxylic acids is 1. The van der Waals surface area contributed by atoms with E-state index in [0.717, 1.165) is 30.8 Å². The van der Waals surface area contributed by atoms with E-state index in [2.05, 4.69) is 24.6 Å². The van der Waals surface area contributed by atoms with Gasteiger partial charge in [0.25, 0.3) is 0 Å². The first kappa shape index (κ1) is 15.5. The number of hydrogen-bond acceptors (Lipinski definition) is 2. The SMILES string of the molecule is C=C1C=C2C(=CN1CC)CCC(C)C(=O)N2C.CC. The Morgan fingerprint density at radius 3 is 2.63 bits per heavy atom. The average molecular weight is 262 g/mol. The third-order valence-corrected chi connectivity index (χ3v) is 3.61. The number of allylic oxidation sites excluding steroid dienone is 2. The highest BCUT2D eigenvalue weighted by Crippen LogP contribution is 2.32. The molecule has 106 valence electrons. The second-order valence-electron chi connectivity index (χ2n) is 4.80. The summed E-state index contributed by atoms with van der Waals surface area (Å²) in [5.74, 6) is 0.313. The molecule has 2 aliphatic heterocycles. The van der Waals surface area contributed by atoms with Crippen LogP contribution in [0.25, 0.3) is 0 Å². The van der Waals surface area contributed by atoms with Gasteiger partial charge in [0.1, 0.15) is 0 Å². The smallest absolute Gasteiger partial charge is 0.229 e. The Labute approximate surface area is 117 Å². The summed E-state index contributed by atoms with van der Waals surface area (Å²) in [6.07, 6.45) is 6.05. The van der Waals surface area contributed by atoms with Crippen LogP contribution in [0.1, 0.15) is 40.5 Å². The first-order valence-corrected chi connectivity index (χ1v) is 7.20. The minimum Gasteiger partial charge on any atom is -0.348 e. The van der Waals surface area contributed by atoms with Crippen LogP contribution in [0.5, 0.6) is 0 Å². The zero-order valence-electron chi connectivity index (χ0n) is 12.9. The molecule has 0 aliphatic carbocycles. The number of hydrogen-bond donors (Lipinski definition) is 0. The van der Waals surface area contributed by atoms with Crippen molar-refractivity contribution in [2.75, 3.05) is 13.6 Å². The summed E-state index contributed by atoms with van der Waals surface area (Å²) in [4.78, 5) is 16.0. The van der Waals surface area contributed by atoms with Crippen molar-refractivity contribution in [1.29, 1.82) is 0 Å². The highest BCUT2D eigenvalue weighted by molar-refractivity contribution is 5.81. The largest absolute Gasteiger partial charge is 0.348 e. The number of likely N-dealkylation sites (tertiary alicyclic amines) is 1. The third kappa shape index (κ3) is 3.09. The Hall–Kier alpha value is -1.51. The molecule has 0 radical (unpaired) electrons. The zero-order valence-corrected chi connectivity index (χ0v) is 12.9. The molecule has 3 heteroatoms. The van der Waals surface area contributed by atoms with E-state index in [4.69, 9.17) is 0 Å². The highest BCUT2D eigenvalue weighted by atomic mass is 16.2. The number of likely N-dealkylation sites (N-methyl/N-ethyl adjacent to an activating group) is 2. The first-order chi connectivity index (χ1) is 9.04. The molecule has 2 heterocycles. The van der Waals surface area contributed by atoms with Crippen molar-refractivity contribution in [1.82, 2.24) is 9.80 Å². The second kappa shape index (κ2) is 6.60. The van der Waals surface area contributed by atoms with E-state index in [1.165, 1.54) is 5.57 Å². The predicted molar refractivity (Wildman–Crippen MR) is 80.2 cm³/mol. The molecule has 1 saturated heterocycles. The van der Waals surface area contributed by atoms with Gasteiger partial charge < -0.3 is 9.80 Å². The monoisotopic (exact) mass is 262 g/mol. The molecular formula is C16H26N2O. The molecule has 2 aliphatic rings. The molecule has 19 heavy (non-hydrogen) atoms. The number of carbonyl (C=O) groups is 1. The van der Waals surface area contributed by atoms with Gasteiger partial charge in [-0.3, -0.25) is 4.79 Å². The highest BCUT2D eigenvalue weighted by Gasteiger charge is 2.29.